The van der Waals surface area contributed by atoms with Crippen LogP contribution >= 0.6 is 12.4 Å². The Morgan fingerprint density at radius 3 is 1.93 bits per heavy atom. The summed E-state index contributed by atoms with van der Waals surface area (Å²) >= 11 is 0. The van der Waals surface area contributed by atoms with Crippen LogP contribution in [0.15, 0.2) is 48.5 Å². The summed E-state index contributed by atoms with van der Waals surface area (Å²) < 4.78 is 0. The molecule has 0 heterocycles. The van der Waals surface area contributed by atoms with E-state index in [0.29, 0.717) is 23.7 Å². The molecular formula is C22H30ClN3O2. The van der Waals surface area contributed by atoms with Gasteiger partial charge in [-0.1, -0.05) is 52.0 Å². The number of nitrogens with two attached hydrogens (primary N) is 1. The normalized spacial score (nSPS) is 11.7. The summed E-state index contributed by atoms with van der Waals surface area (Å²) in [4.78, 5) is 24.0. The maximum atomic E-state index is 12.3. The Hall–Kier alpha value is -2.37. The molecule has 0 bridgehead atoms. The topological polar surface area (TPSA) is 84.2 Å². The lowest BCUT2D eigenvalue weighted by Crippen LogP contribution is -2.31. The molecule has 1 atom stereocenters. The molecule has 0 saturated carbocycles. The highest BCUT2D eigenvalue weighted by Crippen LogP contribution is 2.17. The van der Waals surface area contributed by atoms with Gasteiger partial charge in [-0.25, -0.2) is 0 Å². The van der Waals surface area contributed by atoms with E-state index in [1.165, 1.54) is 5.56 Å². The van der Waals surface area contributed by atoms with Gasteiger partial charge in [0.15, 0.2) is 0 Å². The van der Waals surface area contributed by atoms with Gasteiger partial charge in [-0.15, -0.1) is 12.4 Å². The first-order valence-electron chi connectivity index (χ1n) is 9.32. The first kappa shape index (κ1) is 23.7. The van der Waals surface area contributed by atoms with Crippen molar-refractivity contribution in [2.75, 3.05) is 11.9 Å². The highest BCUT2D eigenvalue weighted by molar-refractivity contribution is 5.96. The van der Waals surface area contributed by atoms with Gasteiger partial charge in [0.2, 0.25) is 5.91 Å². The number of amides is 2. The van der Waals surface area contributed by atoms with Gasteiger partial charge < -0.3 is 16.4 Å². The molecule has 0 radical (unpaired) electrons. The highest BCUT2D eigenvalue weighted by atomic mass is 35.5. The molecule has 0 fully saturated rings. The molecule has 2 aromatic rings. The largest absolute Gasteiger partial charge is 0.350 e. The number of anilines is 1. The van der Waals surface area contributed by atoms with Crippen molar-refractivity contribution in [1.82, 2.24) is 5.32 Å². The molecule has 0 aromatic heterocycles. The van der Waals surface area contributed by atoms with Crippen LogP contribution in [0.1, 0.15) is 61.1 Å². The number of halogens is 1. The Bertz CT molecular complexity index is 771. The quantitative estimate of drug-likeness (QED) is 0.645. The number of nitrogens with one attached hydrogen (secondary N) is 2. The average molecular weight is 404 g/mol. The second-order valence-electron chi connectivity index (χ2n) is 7.36. The minimum Gasteiger partial charge on any atom is -0.350 e. The van der Waals surface area contributed by atoms with E-state index in [4.69, 9.17) is 5.73 Å². The lowest BCUT2D eigenvalue weighted by molar-refractivity contribution is -0.118. The summed E-state index contributed by atoms with van der Waals surface area (Å²) in [6.45, 7) is 8.31. The Kier molecular flexibility index (Phi) is 9.16. The third-order valence-corrected chi connectivity index (χ3v) is 4.45. The van der Waals surface area contributed by atoms with Crippen LogP contribution in [0.4, 0.5) is 5.69 Å². The summed E-state index contributed by atoms with van der Waals surface area (Å²) in [6, 6.07) is 14.7. The second kappa shape index (κ2) is 10.8. The number of hydrogen-bond acceptors (Lipinski definition) is 3. The van der Waals surface area contributed by atoms with Crippen molar-refractivity contribution >= 4 is 29.9 Å². The van der Waals surface area contributed by atoms with Crippen LogP contribution in [-0.4, -0.2) is 18.4 Å². The smallest absolute Gasteiger partial charge is 0.251 e. The SMILES string of the molecule is CC(C)C(=O)Nc1ccc(C(=O)NCC(N)c2ccc(C(C)C)cc2)cc1.Cl. The fraction of sp³-hybridized carbons (Fsp3) is 0.364. The van der Waals surface area contributed by atoms with E-state index in [1.807, 2.05) is 26.0 Å². The van der Waals surface area contributed by atoms with Gasteiger partial charge in [0.05, 0.1) is 0 Å². The molecule has 28 heavy (non-hydrogen) atoms. The molecule has 4 N–H and O–H groups in total. The van der Waals surface area contributed by atoms with Crippen molar-refractivity contribution in [1.29, 1.82) is 0 Å². The van der Waals surface area contributed by atoms with Crippen molar-refractivity contribution in [2.45, 2.75) is 39.7 Å². The lowest BCUT2D eigenvalue weighted by atomic mass is 9.99. The predicted molar refractivity (Wildman–Crippen MR) is 117 cm³/mol. The summed E-state index contributed by atoms with van der Waals surface area (Å²) in [5, 5.41) is 5.66. The van der Waals surface area contributed by atoms with Gasteiger partial charge in [0.1, 0.15) is 0 Å². The second-order valence-corrected chi connectivity index (χ2v) is 7.36. The van der Waals surface area contributed by atoms with E-state index in [-0.39, 0.29) is 36.2 Å². The molecule has 0 spiro atoms. The van der Waals surface area contributed by atoms with Gasteiger partial charge in [-0.2, -0.15) is 0 Å². The van der Waals surface area contributed by atoms with Crippen LogP contribution in [0.3, 0.4) is 0 Å². The third-order valence-electron chi connectivity index (χ3n) is 4.45. The Balaban J connectivity index is 0.00000392. The molecule has 1 unspecified atom stereocenters. The summed E-state index contributed by atoms with van der Waals surface area (Å²) in [5.74, 6) is 0.139. The fourth-order valence-corrected chi connectivity index (χ4v) is 2.54. The summed E-state index contributed by atoms with van der Waals surface area (Å²) in [5.41, 5.74) is 9.65. The number of benzene rings is 2. The van der Waals surface area contributed by atoms with Gasteiger partial charge in [0, 0.05) is 29.8 Å². The van der Waals surface area contributed by atoms with Crippen LogP contribution in [0, 0.1) is 5.92 Å². The average Bonchev–Trinajstić information content (AvgIpc) is 2.66. The zero-order valence-corrected chi connectivity index (χ0v) is 17.7. The van der Waals surface area contributed by atoms with Crippen LogP contribution in [0.2, 0.25) is 0 Å². The molecule has 2 amide bonds. The van der Waals surface area contributed by atoms with Crippen LogP contribution < -0.4 is 16.4 Å². The molecule has 0 aliphatic heterocycles. The highest BCUT2D eigenvalue weighted by Gasteiger charge is 2.11. The van der Waals surface area contributed by atoms with E-state index >= 15 is 0 Å². The monoisotopic (exact) mass is 403 g/mol. The van der Waals surface area contributed by atoms with Gasteiger partial charge in [-0.3, -0.25) is 9.59 Å². The maximum absolute atomic E-state index is 12.3. The zero-order chi connectivity index (χ0) is 20.0. The first-order chi connectivity index (χ1) is 12.8. The number of carbonyl (C=O) groups is 2. The molecular weight excluding hydrogens is 374 g/mol. The molecule has 152 valence electrons. The van der Waals surface area contributed by atoms with E-state index in [0.717, 1.165) is 5.56 Å². The molecule has 0 saturated heterocycles. The van der Waals surface area contributed by atoms with Crippen molar-refractivity contribution in [2.24, 2.45) is 11.7 Å². The Morgan fingerprint density at radius 2 is 1.43 bits per heavy atom. The van der Waals surface area contributed by atoms with Gasteiger partial charge in [-0.05, 0) is 41.3 Å². The van der Waals surface area contributed by atoms with E-state index in [2.05, 4.69) is 36.6 Å². The maximum Gasteiger partial charge on any atom is 0.251 e. The minimum absolute atomic E-state index is 0. The fourth-order valence-electron chi connectivity index (χ4n) is 2.54. The van der Waals surface area contributed by atoms with Crippen LogP contribution in [0.25, 0.3) is 0 Å². The molecule has 2 rings (SSSR count). The zero-order valence-electron chi connectivity index (χ0n) is 16.9. The molecule has 2 aromatic carbocycles. The molecule has 0 aliphatic rings. The van der Waals surface area contributed by atoms with Crippen molar-refractivity contribution in [3.05, 3.63) is 65.2 Å². The van der Waals surface area contributed by atoms with Crippen molar-refractivity contribution in [3.8, 4) is 0 Å². The molecule has 5 nitrogen and oxygen atoms in total. The van der Waals surface area contributed by atoms with Gasteiger partial charge in [0.25, 0.3) is 5.91 Å². The van der Waals surface area contributed by atoms with Gasteiger partial charge >= 0.3 is 0 Å². The van der Waals surface area contributed by atoms with Crippen LogP contribution in [-0.2, 0) is 4.79 Å². The molecule has 0 aliphatic carbocycles. The molecule has 6 heteroatoms. The standard InChI is InChI=1S/C22H29N3O2.ClH/c1-14(2)16-5-7-17(8-6-16)20(23)13-24-22(27)18-9-11-19(12-10-18)25-21(26)15(3)4;/h5-12,14-15,20H,13,23H2,1-4H3,(H,24,27)(H,25,26);1H. The van der Waals surface area contributed by atoms with E-state index in [1.54, 1.807) is 24.3 Å². The minimum atomic E-state index is -0.264. The summed E-state index contributed by atoms with van der Waals surface area (Å²) in [7, 11) is 0. The van der Waals surface area contributed by atoms with Crippen molar-refractivity contribution < 1.29 is 9.59 Å². The first-order valence-corrected chi connectivity index (χ1v) is 9.32. The predicted octanol–water partition coefficient (Wildman–Crippen LogP) is 4.26. The number of carbonyl (C=O) groups excluding carboxylic acids is 2. The van der Waals surface area contributed by atoms with Crippen molar-refractivity contribution in [3.63, 3.8) is 0 Å². The van der Waals surface area contributed by atoms with E-state index in [9.17, 15) is 9.59 Å². The Labute approximate surface area is 173 Å². The Morgan fingerprint density at radius 1 is 0.893 bits per heavy atom. The third kappa shape index (κ3) is 6.66. The lowest BCUT2D eigenvalue weighted by Gasteiger charge is -2.15. The number of hydrogen-bond donors (Lipinski definition) is 3. The number of rotatable bonds is 7. The summed E-state index contributed by atoms with van der Waals surface area (Å²) in [6.07, 6.45) is 0. The van der Waals surface area contributed by atoms with E-state index < -0.39 is 0 Å². The van der Waals surface area contributed by atoms with Crippen LogP contribution in [0.5, 0.6) is 0 Å².